The van der Waals surface area contributed by atoms with Crippen LogP contribution >= 0.6 is 0 Å². The zero-order chi connectivity index (χ0) is 14.7. The molecule has 0 amide bonds. The molecule has 20 heavy (non-hydrogen) atoms. The molecule has 3 atom stereocenters. The molecule has 0 aromatic carbocycles. The fraction of sp³-hybridized carbons (Fsp3) is 0.667. The lowest BCUT2D eigenvalue weighted by Crippen LogP contribution is -2.27. The van der Waals surface area contributed by atoms with Crippen LogP contribution in [0.15, 0.2) is 12.3 Å². The van der Waals surface area contributed by atoms with Gasteiger partial charge in [-0.15, -0.1) is 0 Å². The summed E-state index contributed by atoms with van der Waals surface area (Å²) in [7, 11) is 3.46. The van der Waals surface area contributed by atoms with Crippen LogP contribution in [0.2, 0.25) is 0 Å². The molecule has 1 aromatic rings. The lowest BCUT2D eigenvalue weighted by atomic mass is 10.1. The van der Waals surface area contributed by atoms with E-state index in [2.05, 4.69) is 22.9 Å². The first kappa shape index (κ1) is 15.2. The first-order chi connectivity index (χ1) is 9.55. The van der Waals surface area contributed by atoms with Crippen molar-refractivity contribution in [2.75, 3.05) is 32.2 Å². The van der Waals surface area contributed by atoms with E-state index >= 15 is 0 Å². The molecule has 0 bridgehead atoms. The summed E-state index contributed by atoms with van der Waals surface area (Å²) in [5.41, 5.74) is 8.20. The molecule has 0 radical (unpaired) electrons. The largest absolute Gasteiger partial charge is 0.377 e. The van der Waals surface area contributed by atoms with Gasteiger partial charge in [0.15, 0.2) is 0 Å². The molecule has 1 aliphatic rings. The van der Waals surface area contributed by atoms with Gasteiger partial charge in [0.25, 0.3) is 0 Å². The van der Waals surface area contributed by atoms with Crippen LogP contribution in [0.5, 0.6) is 0 Å². The third kappa shape index (κ3) is 3.29. The van der Waals surface area contributed by atoms with Gasteiger partial charge in [-0.1, -0.05) is 6.07 Å². The molecular weight excluding hydrogens is 254 g/mol. The Balaban J connectivity index is 2.13. The van der Waals surface area contributed by atoms with Crippen molar-refractivity contribution >= 4 is 5.82 Å². The number of aryl methyl sites for hydroxylation is 1. The van der Waals surface area contributed by atoms with Crippen molar-refractivity contribution in [1.29, 1.82) is 0 Å². The van der Waals surface area contributed by atoms with Crippen molar-refractivity contribution in [3.05, 3.63) is 23.4 Å². The molecule has 1 aromatic heterocycles. The summed E-state index contributed by atoms with van der Waals surface area (Å²) in [4.78, 5) is 6.84. The van der Waals surface area contributed by atoms with E-state index in [-0.39, 0.29) is 18.2 Å². The summed E-state index contributed by atoms with van der Waals surface area (Å²) in [6.07, 6.45) is 2.98. The average molecular weight is 279 g/mol. The molecular formula is C15H25N3O2. The SMILES string of the molecule is COC1CN(c2ncc(CC(C)N)cc2C)CC1OC. The molecule has 1 saturated heterocycles. The van der Waals surface area contributed by atoms with E-state index in [1.807, 2.05) is 13.1 Å². The molecule has 1 aliphatic heterocycles. The fourth-order valence-corrected chi connectivity index (χ4v) is 2.81. The van der Waals surface area contributed by atoms with Crippen LogP contribution in [-0.2, 0) is 15.9 Å². The van der Waals surface area contributed by atoms with E-state index < -0.39 is 0 Å². The summed E-state index contributed by atoms with van der Waals surface area (Å²) in [6, 6.07) is 2.33. The maximum atomic E-state index is 5.84. The van der Waals surface area contributed by atoms with E-state index in [0.717, 1.165) is 25.3 Å². The number of rotatable bonds is 5. The van der Waals surface area contributed by atoms with Crippen LogP contribution in [-0.4, -0.2) is 50.5 Å². The monoisotopic (exact) mass is 279 g/mol. The Morgan fingerprint density at radius 2 is 1.95 bits per heavy atom. The van der Waals surface area contributed by atoms with Gasteiger partial charge in [0.2, 0.25) is 0 Å². The molecule has 1 fully saturated rings. The summed E-state index contributed by atoms with van der Waals surface area (Å²) >= 11 is 0. The second kappa shape index (κ2) is 6.52. The van der Waals surface area contributed by atoms with Crippen LogP contribution in [0, 0.1) is 6.92 Å². The Kier molecular flexibility index (Phi) is 4.96. The fourth-order valence-electron chi connectivity index (χ4n) is 2.81. The van der Waals surface area contributed by atoms with Gasteiger partial charge in [-0.3, -0.25) is 0 Å². The number of methoxy groups -OCH3 is 2. The van der Waals surface area contributed by atoms with Crippen molar-refractivity contribution in [2.24, 2.45) is 5.73 Å². The molecule has 0 aliphatic carbocycles. The van der Waals surface area contributed by atoms with Crippen LogP contribution < -0.4 is 10.6 Å². The van der Waals surface area contributed by atoms with Gasteiger partial charge < -0.3 is 20.1 Å². The molecule has 5 heteroatoms. The van der Waals surface area contributed by atoms with Crippen molar-refractivity contribution in [2.45, 2.75) is 38.5 Å². The molecule has 0 spiro atoms. The van der Waals surface area contributed by atoms with Crippen molar-refractivity contribution < 1.29 is 9.47 Å². The molecule has 0 saturated carbocycles. The Morgan fingerprint density at radius 3 is 2.40 bits per heavy atom. The summed E-state index contributed by atoms with van der Waals surface area (Å²) in [5.74, 6) is 1.01. The maximum absolute atomic E-state index is 5.84. The first-order valence-electron chi connectivity index (χ1n) is 7.06. The predicted molar refractivity (Wildman–Crippen MR) is 80.1 cm³/mol. The molecule has 2 rings (SSSR count). The van der Waals surface area contributed by atoms with Crippen LogP contribution in [0.1, 0.15) is 18.1 Å². The highest BCUT2D eigenvalue weighted by Gasteiger charge is 2.34. The van der Waals surface area contributed by atoms with Gasteiger partial charge in [-0.05, 0) is 31.4 Å². The second-order valence-corrected chi connectivity index (χ2v) is 5.62. The number of hydrogen-bond acceptors (Lipinski definition) is 5. The van der Waals surface area contributed by atoms with Crippen LogP contribution in [0.3, 0.4) is 0 Å². The maximum Gasteiger partial charge on any atom is 0.131 e. The van der Waals surface area contributed by atoms with Gasteiger partial charge in [0.05, 0.1) is 0 Å². The summed E-state index contributed by atoms with van der Waals surface area (Å²) in [5, 5.41) is 0. The van der Waals surface area contributed by atoms with E-state index in [9.17, 15) is 0 Å². The topological polar surface area (TPSA) is 60.6 Å². The Labute approximate surface area is 121 Å². The predicted octanol–water partition coefficient (Wildman–Crippen LogP) is 1.13. The van der Waals surface area contributed by atoms with Gasteiger partial charge in [0.1, 0.15) is 18.0 Å². The standard InChI is InChI=1S/C15H25N3O2/c1-10-5-12(6-11(2)16)7-17-15(10)18-8-13(19-3)14(9-18)20-4/h5,7,11,13-14H,6,8-9,16H2,1-4H3. The molecule has 5 nitrogen and oxygen atoms in total. The average Bonchev–Trinajstić information content (AvgIpc) is 2.81. The first-order valence-corrected chi connectivity index (χ1v) is 7.06. The van der Waals surface area contributed by atoms with Crippen molar-refractivity contribution in [3.8, 4) is 0 Å². The minimum Gasteiger partial charge on any atom is -0.377 e. The lowest BCUT2D eigenvalue weighted by Gasteiger charge is -2.20. The molecule has 3 unspecified atom stereocenters. The number of aromatic nitrogens is 1. The van der Waals surface area contributed by atoms with E-state index in [1.54, 1.807) is 14.2 Å². The summed E-state index contributed by atoms with van der Waals surface area (Å²) < 4.78 is 10.9. The minimum absolute atomic E-state index is 0.102. The van der Waals surface area contributed by atoms with Crippen molar-refractivity contribution in [3.63, 3.8) is 0 Å². The third-order valence-electron chi connectivity index (χ3n) is 3.79. The zero-order valence-corrected chi connectivity index (χ0v) is 12.8. The highest BCUT2D eigenvalue weighted by Crippen LogP contribution is 2.25. The quantitative estimate of drug-likeness (QED) is 0.875. The summed E-state index contributed by atoms with van der Waals surface area (Å²) in [6.45, 7) is 5.73. The number of hydrogen-bond donors (Lipinski definition) is 1. The van der Waals surface area contributed by atoms with E-state index in [0.29, 0.717) is 0 Å². The van der Waals surface area contributed by atoms with E-state index in [4.69, 9.17) is 15.2 Å². The third-order valence-corrected chi connectivity index (χ3v) is 3.79. The zero-order valence-electron chi connectivity index (χ0n) is 12.8. The van der Waals surface area contributed by atoms with Crippen LogP contribution in [0.4, 0.5) is 5.82 Å². The number of ether oxygens (including phenoxy) is 2. The Morgan fingerprint density at radius 1 is 1.35 bits per heavy atom. The minimum atomic E-state index is 0.102. The molecule has 112 valence electrons. The van der Waals surface area contributed by atoms with E-state index in [1.165, 1.54) is 11.1 Å². The second-order valence-electron chi connectivity index (χ2n) is 5.62. The molecule has 2 N–H and O–H groups in total. The Bertz CT molecular complexity index is 439. The molecule has 2 heterocycles. The highest BCUT2D eigenvalue weighted by molar-refractivity contribution is 5.49. The number of anilines is 1. The number of nitrogens with zero attached hydrogens (tertiary/aromatic N) is 2. The number of pyridine rings is 1. The van der Waals surface area contributed by atoms with Gasteiger partial charge >= 0.3 is 0 Å². The number of nitrogens with two attached hydrogens (primary N) is 1. The van der Waals surface area contributed by atoms with Gasteiger partial charge in [-0.25, -0.2) is 4.98 Å². The Hall–Kier alpha value is -1.17. The normalized spacial score (nSPS) is 24.1. The highest BCUT2D eigenvalue weighted by atomic mass is 16.5. The van der Waals surface area contributed by atoms with Crippen LogP contribution in [0.25, 0.3) is 0 Å². The van der Waals surface area contributed by atoms with Crippen molar-refractivity contribution in [1.82, 2.24) is 4.98 Å². The lowest BCUT2D eigenvalue weighted by molar-refractivity contribution is -0.00461. The van der Waals surface area contributed by atoms with Gasteiger partial charge in [0, 0.05) is 39.5 Å². The van der Waals surface area contributed by atoms with Gasteiger partial charge in [-0.2, -0.15) is 0 Å². The smallest absolute Gasteiger partial charge is 0.131 e.